The maximum atomic E-state index is 8.76. The molecular formula is C8H14O2. The van der Waals surface area contributed by atoms with E-state index in [1.807, 2.05) is 0 Å². The fourth-order valence-corrected chi connectivity index (χ4v) is 1.74. The van der Waals surface area contributed by atoms with Crippen LogP contribution < -0.4 is 0 Å². The predicted octanol–water partition coefficient (Wildman–Crippen LogP) is 0.792. The van der Waals surface area contributed by atoms with Gasteiger partial charge in [0.15, 0.2) is 0 Å². The summed E-state index contributed by atoms with van der Waals surface area (Å²) in [4.78, 5) is 0. The molecule has 0 radical (unpaired) electrons. The minimum absolute atomic E-state index is 0.362. The molecule has 0 aromatic rings. The zero-order valence-electron chi connectivity index (χ0n) is 6.29. The van der Waals surface area contributed by atoms with Gasteiger partial charge in [-0.2, -0.15) is 0 Å². The second-order valence-corrected chi connectivity index (χ2v) is 3.39. The Morgan fingerprint density at radius 1 is 1.60 bits per heavy atom. The molecule has 4 unspecified atom stereocenters. The average Bonchev–Trinajstić information content (AvgIpc) is 2.83. The molecule has 10 heavy (non-hydrogen) atoms. The van der Waals surface area contributed by atoms with Gasteiger partial charge in [0.25, 0.3) is 0 Å². The topological polar surface area (TPSA) is 32.8 Å². The van der Waals surface area contributed by atoms with Gasteiger partial charge >= 0.3 is 0 Å². The highest BCUT2D eigenvalue weighted by molar-refractivity contribution is 5.01. The number of hydrogen-bond donors (Lipinski definition) is 1. The summed E-state index contributed by atoms with van der Waals surface area (Å²) in [6.45, 7) is 2.52. The first kappa shape index (κ1) is 6.62. The zero-order chi connectivity index (χ0) is 7.14. The van der Waals surface area contributed by atoms with Gasteiger partial charge in [0.1, 0.15) is 0 Å². The number of hydrogen-bond acceptors (Lipinski definition) is 2. The second-order valence-electron chi connectivity index (χ2n) is 3.39. The van der Waals surface area contributed by atoms with E-state index in [2.05, 4.69) is 6.92 Å². The summed E-state index contributed by atoms with van der Waals surface area (Å²) < 4.78 is 5.41. The summed E-state index contributed by atoms with van der Waals surface area (Å²) in [6, 6.07) is 0. The van der Waals surface area contributed by atoms with Crippen LogP contribution in [-0.2, 0) is 4.74 Å². The van der Waals surface area contributed by atoms with Gasteiger partial charge in [0.2, 0.25) is 0 Å². The second kappa shape index (κ2) is 2.21. The molecule has 0 aromatic heterocycles. The molecular weight excluding hydrogens is 128 g/mol. The van der Waals surface area contributed by atoms with Crippen LogP contribution in [0.15, 0.2) is 0 Å². The number of aliphatic hydroxyl groups excluding tert-OH is 1. The third-order valence-corrected chi connectivity index (χ3v) is 2.66. The van der Waals surface area contributed by atoms with Crippen molar-refractivity contribution in [3.05, 3.63) is 0 Å². The minimum Gasteiger partial charge on any atom is -0.396 e. The number of ether oxygens (including phenoxy) is 1. The molecule has 1 heterocycles. The molecule has 1 saturated carbocycles. The van der Waals surface area contributed by atoms with Crippen molar-refractivity contribution in [1.29, 1.82) is 0 Å². The third kappa shape index (κ3) is 0.956. The molecule has 2 heteroatoms. The Kier molecular flexibility index (Phi) is 1.46. The van der Waals surface area contributed by atoms with Crippen LogP contribution in [0.25, 0.3) is 0 Å². The summed E-state index contributed by atoms with van der Waals surface area (Å²) in [5, 5.41) is 8.76. The number of epoxide rings is 1. The lowest BCUT2D eigenvalue weighted by Crippen LogP contribution is -1.98. The lowest BCUT2D eigenvalue weighted by molar-refractivity contribution is 0.260. The highest BCUT2D eigenvalue weighted by Gasteiger charge is 2.53. The molecule has 2 fully saturated rings. The van der Waals surface area contributed by atoms with Crippen LogP contribution in [0.4, 0.5) is 0 Å². The van der Waals surface area contributed by atoms with E-state index in [9.17, 15) is 0 Å². The van der Waals surface area contributed by atoms with E-state index in [0.29, 0.717) is 30.7 Å². The van der Waals surface area contributed by atoms with Gasteiger partial charge in [-0.25, -0.2) is 0 Å². The fourth-order valence-electron chi connectivity index (χ4n) is 1.74. The summed E-state index contributed by atoms with van der Waals surface area (Å²) in [6.07, 6.45) is 3.38. The largest absolute Gasteiger partial charge is 0.396 e. The fraction of sp³-hybridized carbons (Fsp3) is 1.00. The molecule has 2 rings (SSSR count). The first-order valence-corrected chi connectivity index (χ1v) is 4.13. The van der Waals surface area contributed by atoms with Crippen LogP contribution in [0.2, 0.25) is 0 Å². The van der Waals surface area contributed by atoms with E-state index in [0.717, 1.165) is 6.42 Å². The van der Waals surface area contributed by atoms with E-state index in [-0.39, 0.29) is 0 Å². The molecule has 1 N–H and O–H groups in total. The van der Waals surface area contributed by atoms with Crippen LogP contribution in [0.1, 0.15) is 19.8 Å². The van der Waals surface area contributed by atoms with Gasteiger partial charge in [0.05, 0.1) is 12.2 Å². The lowest BCUT2D eigenvalue weighted by atomic mass is 10.1. The quantitative estimate of drug-likeness (QED) is 0.591. The van der Waals surface area contributed by atoms with Crippen molar-refractivity contribution in [3.63, 3.8) is 0 Å². The molecule has 2 aliphatic rings. The molecule has 58 valence electrons. The van der Waals surface area contributed by atoms with Crippen molar-refractivity contribution in [2.45, 2.75) is 32.0 Å². The highest BCUT2D eigenvalue weighted by Crippen LogP contribution is 2.49. The molecule has 4 atom stereocenters. The molecule has 1 aliphatic carbocycles. The smallest absolute Gasteiger partial charge is 0.0873 e. The summed E-state index contributed by atoms with van der Waals surface area (Å²) in [5.41, 5.74) is 0. The van der Waals surface area contributed by atoms with Gasteiger partial charge in [0, 0.05) is 6.61 Å². The molecule has 0 aromatic carbocycles. The van der Waals surface area contributed by atoms with Crippen molar-refractivity contribution >= 4 is 0 Å². The average molecular weight is 142 g/mol. The molecule has 0 spiro atoms. The SMILES string of the molecule is CCC1OC1C1CC1CO. The van der Waals surface area contributed by atoms with E-state index in [1.165, 1.54) is 6.42 Å². The van der Waals surface area contributed by atoms with E-state index < -0.39 is 0 Å². The Hall–Kier alpha value is -0.0800. The van der Waals surface area contributed by atoms with Gasteiger partial charge in [-0.3, -0.25) is 0 Å². The van der Waals surface area contributed by atoms with Crippen molar-refractivity contribution in [2.24, 2.45) is 11.8 Å². The van der Waals surface area contributed by atoms with Crippen LogP contribution in [0, 0.1) is 11.8 Å². The van der Waals surface area contributed by atoms with E-state index in [4.69, 9.17) is 9.84 Å². The van der Waals surface area contributed by atoms with Crippen molar-refractivity contribution < 1.29 is 9.84 Å². The molecule has 0 amide bonds. The Morgan fingerprint density at radius 2 is 2.40 bits per heavy atom. The van der Waals surface area contributed by atoms with Gasteiger partial charge in [-0.15, -0.1) is 0 Å². The standard InChI is InChI=1S/C8H14O2/c1-2-7-8(10-7)6-3-5(6)4-9/h5-9H,2-4H2,1H3. The van der Waals surface area contributed by atoms with E-state index in [1.54, 1.807) is 0 Å². The highest BCUT2D eigenvalue weighted by atomic mass is 16.6. The normalized spacial score (nSPS) is 51.0. The Morgan fingerprint density at radius 3 is 2.80 bits per heavy atom. The maximum Gasteiger partial charge on any atom is 0.0873 e. The first-order chi connectivity index (χ1) is 4.86. The van der Waals surface area contributed by atoms with Gasteiger partial charge in [-0.1, -0.05) is 6.92 Å². The summed E-state index contributed by atoms with van der Waals surface area (Å²) in [5.74, 6) is 1.27. The lowest BCUT2D eigenvalue weighted by Gasteiger charge is -1.87. The van der Waals surface area contributed by atoms with Crippen LogP contribution in [0.3, 0.4) is 0 Å². The van der Waals surface area contributed by atoms with Crippen LogP contribution >= 0.6 is 0 Å². The van der Waals surface area contributed by atoms with E-state index >= 15 is 0 Å². The van der Waals surface area contributed by atoms with Crippen LogP contribution in [0.5, 0.6) is 0 Å². The third-order valence-electron chi connectivity index (χ3n) is 2.66. The zero-order valence-corrected chi connectivity index (χ0v) is 6.29. The van der Waals surface area contributed by atoms with Gasteiger partial charge in [-0.05, 0) is 24.7 Å². The Labute approximate surface area is 61.2 Å². The Balaban J connectivity index is 1.74. The van der Waals surface area contributed by atoms with Crippen molar-refractivity contribution in [3.8, 4) is 0 Å². The number of aliphatic hydroxyl groups is 1. The predicted molar refractivity (Wildman–Crippen MR) is 37.6 cm³/mol. The molecule has 1 saturated heterocycles. The van der Waals surface area contributed by atoms with Crippen molar-refractivity contribution in [1.82, 2.24) is 0 Å². The first-order valence-electron chi connectivity index (χ1n) is 4.13. The monoisotopic (exact) mass is 142 g/mol. The number of rotatable bonds is 3. The maximum absolute atomic E-state index is 8.76. The van der Waals surface area contributed by atoms with Gasteiger partial charge < -0.3 is 9.84 Å². The summed E-state index contributed by atoms with van der Waals surface area (Å²) >= 11 is 0. The molecule has 1 aliphatic heterocycles. The van der Waals surface area contributed by atoms with Crippen LogP contribution in [-0.4, -0.2) is 23.9 Å². The minimum atomic E-state index is 0.362. The molecule has 0 bridgehead atoms. The molecule has 2 nitrogen and oxygen atoms in total. The summed E-state index contributed by atoms with van der Waals surface area (Å²) in [7, 11) is 0. The Bertz CT molecular complexity index is 119. The van der Waals surface area contributed by atoms with Crippen molar-refractivity contribution in [2.75, 3.05) is 6.61 Å².